The monoisotopic (exact) mass is 270 g/mol. The number of aliphatic imine (C=N–C) groups is 1. The molecule has 0 radical (unpaired) electrons. The summed E-state index contributed by atoms with van der Waals surface area (Å²) in [7, 11) is 1.63. The lowest BCUT2D eigenvalue weighted by Gasteiger charge is -2.06. The maximum Gasteiger partial charge on any atom is 0.193 e. The number of nitrogens with zero attached hydrogens (tertiary/aromatic N) is 2. The van der Waals surface area contributed by atoms with Crippen molar-refractivity contribution in [2.45, 2.75) is 6.42 Å². The highest BCUT2D eigenvalue weighted by molar-refractivity contribution is 5.92. The first-order valence-electron chi connectivity index (χ1n) is 6.39. The number of methoxy groups -OCH3 is 1. The largest absolute Gasteiger partial charge is 0.497 e. The molecule has 5 nitrogen and oxygen atoms in total. The molecule has 0 unspecified atom stereocenters. The van der Waals surface area contributed by atoms with Gasteiger partial charge in [-0.15, -0.1) is 0 Å². The van der Waals surface area contributed by atoms with Gasteiger partial charge in [0.25, 0.3) is 0 Å². The Labute approximate surface area is 118 Å². The van der Waals surface area contributed by atoms with Gasteiger partial charge in [0.05, 0.1) is 7.11 Å². The summed E-state index contributed by atoms with van der Waals surface area (Å²) >= 11 is 0. The van der Waals surface area contributed by atoms with Crippen LogP contribution in [0.2, 0.25) is 0 Å². The minimum atomic E-state index is 0.395. The van der Waals surface area contributed by atoms with Gasteiger partial charge in [0.2, 0.25) is 0 Å². The molecule has 0 saturated heterocycles. The van der Waals surface area contributed by atoms with Crippen molar-refractivity contribution in [2.24, 2.45) is 10.7 Å². The first-order valence-corrected chi connectivity index (χ1v) is 6.39. The molecule has 20 heavy (non-hydrogen) atoms. The highest BCUT2D eigenvalue weighted by Gasteiger charge is 1.97. The number of benzene rings is 1. The van der Waals surface area contributed by atoms with Crippen LogP contribution in [-0.4, -0.2) is 24.6 Å². The first kappa shape index (κ1) is 13.9. The molecule has 0 atom stereocenters. The molecule has 0 bridgehead atoms. The summed E-state index contributed by atoms with van der Waals surface area (Å²) in [5.41, 5.74) is 7.72. The molecule has 5 heteroatoms. The SMILES string of the molecule is COc1ccc(NC(N)=NCCc2ccccn2)cc1. The van der Waals surface area contributed by atoms with Gasteiger partial charge >= 0.3 is 0 Å². The predicted molar refractivity (Wildman–Crippen MR) is 81.0 cm³/mol. The summed E-state index contributed by atoms with van der Waals surface area (Å²) in [6.07, 6.45) is 2.55. The number of anilines is 1. The minimum Gasteiger partial charge on any atom is -0.497 e. The van der Waals surface area contributed by atoms with Gasteiger partial charge in [-0.1, -0.05) is 6.07 Å². The Balaban J connectivity index is 1.84. The zero-order chi connectivity index (χ0) is 14.2. The van der Waals surface area contributed by atoms with Gasteiger partial charge in [-0.05, 0) is 36.4 Å². The zero-order valence-electron chi connectivity index (χ0n) is 11.4. The van der Waals surface area contributed by atoms with E-state index in [-0.39, 0.29) is 0 Å². The molecule has 0 aliphatic heterocycles. The van der Waals surface area contributed by atoms with Gasteiger partial charge in [-0.3, -0.25) is 9.98 Å². The second-order valence-electron chi connectivity index (χ2n) is 4.19. The summed E-state index contributed by atoms with van der Waals surface area (Å²) in [5.74, 6) is 1.20. The van der Waals surface area contributed by atoms with Crippen LogP contribution in [0.15, 0.2) is 53.7 Å². The molecule has 1 heterocycles. The molecule has 1 aromatic carbocycles. The Morgan fingerprint density at radius 3 is 2.70 bits per heavy atom. The third-order valence-corrected chi connectivity index (χ3v) is 2.74. The molecule has 2 rings (SSSR count). The lowest BCUT2D eigenvalue weighted by Crippen LogP contribution is -2.23. The van der Waals surface area contributed by atoms with E-state index < -0.39 is 0 Å². The molecular formula is C15H18N4O. The smallest absolute Gasteiger partial charge is 0.193 e. The molecular weight excluding hydrogens is 252 g/mol. The van der Waals surface area contributed by atoms with Crippen molar-refractivity contribution >= 4 is 11.6 Å². The third kappa shape index (κ3) is 4.28. The molecule has 0 aliphatic carbocycles. The molecule has 0 amide bonds. The number of rotatable bonds is 5. The molecule has 0 spiro atoms. The van der Waals surface area contributed by atoms with Crippen LogP contribution in [0.5, 0.6) is 5.75 Å². The van der Waals surface area contributed by atoms with E-state index in [1.165, 1.54) is 0 Å². The van der Waals surface area contributed by atoms with Crippen molar-refractivity contribution in [2.75, 3.05) is 19.0 Å². The van der Waals surface area contributed by atoms with Crippen LogP contribution in [0, 0.1) is 0 Å². The van der Waals surface area contributed by atoms with Crippen LogP contribution in [0.4, 0.5) is 5.69 Å². The topological polar surface area (TPSA) is 72.5 Å². The van der Waals surface area contributed by atoms with E-state index in [0.29, 0.717) is 12.5 Å². The van der Waals surface area contributed by atoms with E-state index in [1.54, 1.807) is 13.3 Å². The molecule has 104 valence electrons. The average Bonchev–Trinajstić information content (AvgIpc) is 2.49. The Hall–Kier alpha value is -2.56. The van der Waals surface area contributed by atoms with Crippen LogP contribution in [-0.2, 0) is 6.42 Å². The quantitative estimate of drug-likeness (QED) is 0.644. The third-order valence-electron chi connectivity index (χ3n) is 2.74. The Morgan fingerprint density at radius 1 is 1.25 bits per heavy atom. The van der Waals surface area contributed by atoms with Gasteiger partial charge in [0.1, 0.15) is 5.75 Å². The van der Waals surface area contributed by atoms with Gasteiger partial charge in [0.15, 0.2) is 5.96 Å². The fraction of sp³-hybridized carbons (Fsp3) is 0.200. The summed E-state index contributed by atoms with van der Waals surface area (Å²) in [4.78, 5) is 8.50. The second-order valence-corrected chi connectivity index (χ2v) is 4.19. The van der Waals surface area contributed by atoms with E-state index in [4.69, 9.17) is 10.5 Å². The van der Waals surface area contributed by atoms with Crippen molar-refractivity contribution in [1.82, 2.24) is 4.98 Å². The predicted octanol–water partition coefficient (Wildman–Crippen LogP) is 2.06. The summed E-state index contributed by atoms with van der Waals surface area (Å²) in [5, 5.41) is 3.03. The second kappa shape index (κ2) is 7.13. The average molecular weight is 270 g/mol. The lowest BCUT2D eigenvalue weighted by atomic mass is 10.3. The molecule has 3 N–H and O–H groups in total. The van der Waals surface area contributed by atoms with Crippen LogP contribution in [0.25, 0.3) is 0 Å². The zero-order valence-corrected chi connectivity index (χ0v) is 11.4. The van der Waals surface area contributed by atoms with Crippen molar-refractivity contribution in [1.29, 1.82) is 0 Å². The number of hydrogen-bond donors (Lipinski definition) is 2. The van der Waals surface area contributed by atoms with Crippen LogP contribution < -0.4 is 15.8 Å². The summed E-state index contributed by atoms with van der Waals surface area (Å²) in [6.45, 7) is 0.603. The summed E-state index contributed by atoms with van der Waals surface area (Å²) < 4.78 is 5.09. The first-order chi connectivity index (χ1) is 9.78. The van der Waals surface area contributed by atoms with E-state index in [2.05, 4.69) is 15.3 Å². The van der Waals surface area contributed by atoms with Gasteiger partial charge < -0.3 is 15.8 Å². The fourth-order valence-electron chi connectivity index (χ4n) is 1.70. The number of nitrogens with two attached hydrogens (primary N) is 1. The lowest BCUT2D eigenvalue weighted by molar-refractivity contribution is 0.415. The standard InChI is InChI=1S/C15H18N4O/c1-20-14-7-5-13(6-8-14)19-15(16)18-11-9-12-4-2-3-10-17-12/h2-8,10H,9,11H2,1H3,(H3,16,18,19). The van der Waals surface area contributed by atoms with E-state index in [9.17, 15) is 0 Å². The molecule has 0 aliphatic rings. The van der Waals surface area contributed by atoms with Gasteiger partial charge in [-0.2, -0.15) is 0 Å². The maximum absolute atomic E-state index is 5.83. The van der Waals surface area contributed by atoms with Crippen LogP contribution in [0.3, 0.4) is 0 Å². The minimum absolute atomic E-state index is 0.395. The number of hydrogen-bond acceptors (Lipinski definition) is 3. The Morgan fingerprint density at radius 2 is 2.05 bits per heavy atom. The Bertz CT molecular complexity index is 552. The number of aromatic nitrogens is 1. The number of pyridine rings is 1. The van der Waals surface area contributed by atoms with Gasteiger partial charge in [0, 0.05) is 30.5 Å². The number of ether oxygens (including phenoxy) is 1. The number of guanidine groups is 1. The highest BCUT2D eigenvalue weighted by Crippen LogP contribution is 2.14. The normalized spacial score (nSPS) is 11.2. The molecule has 0 fully saturated rings. The van der Waals surface area contributed by atoms with E-state index in [0.717, 1.165) is 23.6 Å². The fourth-order valence-corrected chi connectivity index (χ4v) is 1.70. The van der Waals surface area contributed by atoms with Crippen LogP contribution in [0.1, 0.15) is 5.69 Å². The van der Waals surface area contributed by atoms with Crippen LogP contribution >= 0.6 is 0 Å². The highest BCUT2D eigenvalue weighted by atomic mass is 16.5. The van der Waals surface area contributed by atoms with Gasteiger partial charge in [-0.25, -0.2) is 0 Å². The summed E-state index contributed by atoms with van der Waals surface area (Å²) in [6, 6.07) is 13.3. The van der Waals surface area contributed by atoms with E-state index in [1.807, 2.05) is 42.5 Å². The van der Waals surface area contributed by atoms with Crippen molar-refractivity contribution < 1.29 is 4.74 Å². The van der Waals surface area contributed by atoms with Crippen molar-refractivity contribution in [3.05, 3.63) is 54.4 Å². The number of nitrogens with one attached hydrogen (secondary N) is 1. The van der Waals surface area contributed by atoms with Crippen molar-refractivity contribution in [3.63, 3.8) is 0 Å². The van der Waals surface area contributed by atoms with Crippen molar-refractivity contribution in [3.8, 4) is 5.75 Å². The molecule has 0 saturated carbocycles. The Kier molecular flexibility index (Phi) is 4.94. The van der Waals surface area contributed by atoms with E-state index >= 15 is 0 Å². The molecule has 2 aromatic rings. The molecule has 1 aromatic heterocycles. The maximum atomic E-state index is 5.83.